The quantitative estimate of drug-likeness (QED) is 0.681. The molecule has 0 bridgehead atoms. The molecule has 0 saturated heterocycles. The second-order valence-corrected chi connectivity index (χ2v) is 4.52. The van der Waals surface area contributed by atoms with Gasteiger partial charge in [0, 0.05) is 11.7 Å². The predicted octanol–water partition coefficient (Wildman–Crippen LogP) is 2.57. The van der Waals surface area contributed by atoms with Crippen LogP contribution in [0.5, 0.6) is 0 Å². The third kappa shape index (κ3) is 3.36. The van der Waals surface area contributed by atoms with E-state index in [1.165, 1.54) is 6.07 Å². The molecule has 1 aromatic rings. The van der Waals surface area contributed by atoms with Crippen LogP contribution in [0.2, 0.25) is 0 Å². The number of carbonyl (C=O) groups excluding carboxylic acids is 1. The lowest BCUT2D eigenvalue weighted by Gasteiger charge is -2.24. The second-order valence-electron chi connectivity index (χ2n) is 4.52. The van der Waals surface area contributed by atoms with Crippen molar-refractivity contribution in [1.82, 2.24) is 4.90 Å². The van der Waals surface area contributed by atoms with Gasteiger partial charge in [-0.1, -0.05) is 0 Å². The van der Waals surface area contributed by atoms with Crippen LogP contribution in [0.1, 0.15) is 23.2 Å². The van der Waals surface area contributed by atoms with Crippen molar-refractivity contribution in [3.63, 3.8) is 0 Å². The van der Waals surface area contributed by atoms with E-state index in [-0.39, 0.29) is 11.3 Å². The monoisotopic (exact) mass is 276 g/mol. The van der Waals surface area contributed by atoms with Crippen molar-refractivity contribution in [2.45, 2.75) is 25.1 Å². The molecule has 3 nitrogen and oxygen atoms in total. The number of nitrogens with two attached hydrogens (primary N) is 1. The number of amides is 1. The van der Waals surface area contributed by atoms with Gasteiger partial charge in [-0.05, 0) is 31.0 Å². The number of halogens is 4. The van der Waals surface area contributed by atoms with Crippen LogP contribution in [0.4, 0.5) is 23.2 Å². The SMILES string of the molecule is Nc1ccc(C(=O)N(CC(F)(F)F)C2CC2)c(F)c1. The average Bonchev–Trinajstić information content (AvgIpc) is 3.07. The molecule has 0 radical (unpaired) electrons. The summed E-state index contributed by atoms with van der Waals surface area (Å²) in [6.07, 6.45) is -3.47. The molecule has 2 N–H and O–H groups in total. The summed E-state index contributed by atoms with van der Waals surface area (Å²) >= 11 is 0. The Morgan fingerprint density at radius 3 is 2.47 bits per heavy atom. The summed E-state index contributed by atoms with van der Waals surface area (Å²) in [4.78, 5) is 12.7. The Labute approximate surface area is 107 Å². The first-order valence-electron chi connectivity index (χ1n) is 5.70. The average molecular weight is 276 g/mol. The Bertz CT molecular complexity index is 497. The van der Waals surface area contributed by atoms with E-state index in [2.05, 4.69) is 0 Å². The van der Waals surface area contributed by atoms with E-state index in [1.807, 2.05) is 0 Å². The van der Waals surface area contributed by atoms with Crippen LogP contribution in [0.15, 0.2) is 18.2 Å². The predicted molar refractivity (Wildman–Crippen MR) is 60.9 cm³/mol. The summed E-state index contributed by atoms with van der Waals surface area (Å²) in [5.74, 6) is -1.85. The molecule has 0 aliphatic heterocycles. The minimum Gasteiger partial charge on any atom is -0.399 e. The summed E-state index contributed by atoms with van der Waals surface area (Å²) in [5.41, 5.74) is 5.06. The highest BCUT2D eigenvalue weighted by Gasteiger charge is 2.41. The number of nitrogen functional groups attached to an aromatic ring is 1. The van der Waals surface area contributed by atoms with Gasteiger partial charge in [-0.3, -0.25) is 4.79 Å². The molecule has 1 aliphatic carbocycles. The summed E-state index contributed by atoms with van der Waals surface area (Å²) < 4.78 is 50.8. The first-order chi connectivity index (χ1) is 8.78. The van der Waals surface area contributed by atoms with E-state index in [0.717, 1.165) is 12.1 Å². The van der Waals surface area contributed by atoms with Gasteiger partial charge >= 0.3 is 6.18 Å². The van der Waals surface area contributed by atoms with E-state index in [4.69, 9.17) is 5.73 Å². The van der Waals surface area contributed by atoms with Gasteiger partial charge in [0.2, 0.25) is 0 Å². The molecule has 0 aromatic heterocycles. The maximum atomic E-state index is 13.6. The maximum Gasteiger partial charge on any atom is 0.406 e. The highest BCUT2D eigenvalue weighted by Crippen LogP contribution is 2.31. The standard InChI is InChI=1S/C12H12F4N2O/c13-10-5-7(17)1-4-9(10)11(19)18(8-2-3-8)6-12(14,15)16/h1,4-5,8H,2-3,6,17H2. The lowest BCUT2D eigenvalue weighted by molar-refractivity contribution is -0.141. The van der Waals surface area contributed by atoms with Gasteiger partial charge in [0.05, 0.1) is 5.56 Å². The molecule has 1 aliphatic rings. The highest BCUT2D eigenvalue weighted by atomic mass is 19.4. The molecule has 0 spiro atoms. The Kier molecular flexibility index (Phi) is 3.38. The molecule has 0 unspecified atom stereocenters. The molecule has 1 fully saturated rings. The molecule has 7 heteroatoms. The highest BCUT2D eigenvalue weighted by molar-refractivity contribution is 5.95. The zero-order valence-corrected chi connectivity index (χ0v) is 9.88. The van der Waals surface area contributed by atoms with E-state index < -0.39 is 30.5 Å². The number of hydrogen-bond acceptors (Lipinski definition) is 2. The van der Waals surface area contributed by atoms with Crippen molar-refractivity contribution in [2.24, 2.45) is 0 Å². The van der Waals surface area contributed by atoms with E-state index >= 15 is 0 Å². The van der Waals surface area contributed by atoms with Crippen LogP contribution in [-0.2, 0) is 0 Å². The number of hydrogen-bond donors (Lipinski definition) is 1. The maximum absolute atomic E-state index is 13.6. The van der Waals surface area contributed by atoms with Gasteiger partial charge in [-0.15, -0.1) is 0 Å². The van der Waals surface area contributed by atoms with Crippen molar-refractivity contribution >= 4 is 11.6 Å². The zero-order valence-electron chi connectivity index (χ0n) is 9.88. The third-order valence-corrected chi connectivity index (χ3v) is 2.82. The van der Waals surface area contributed by atoms with Gasteiger partial charge < -0.3 is 10.6 Å². The van der Waals surface area contributed by atoms with Crippen LogP contribution in [-0.4, -0.2) is 29.6 Å². The van der Waals surface area contributed by atoms with Gasteiger partial charge in [-0.25, -0.2) is 4.39 Å². The van der Waals surface area contributed by atoms with E-state index in [1.54, 1.807) is 0 Å². The lowest BCUT2D eigenvalue weighted by Crippen LogP contribution is -2.40. The number of rotatable bonds is 3. The van der Waals surface area contributed by atoms with E-state index in [0.29, 0.717) is 17.7 Å². The topological polar surface area (TPSA) is 46.3 Å². The minimum atomic E-state index is -4.50. The summed E-state index contributed by atoms with van der Waals surface area (Å²) in [6, 6.07) is 2.87. The summed E-state index contributed by atoms with van der Waals surface area (Å²) in [7, 11) is 0. The fourth-order valence-electron chi connectivity index (χ4n) is 1.81. The molecule has 0 heterocycles. The zero-order chi connectivity index (χ0) is 14.2. The Morgan fingerprint density at radius 1 is 1.37 bits per heavy atom. The van der Waals surface area contributed by atoms with E-state index in [9.17, 15) is 22.4 Å². The van der Waals surface area contributed by atoms with Gasteiger partial charge in [0.25, 0.3) is 5.91 Å². The third-order valence-electron chi connectivity index (χ3n) is 2.82. The van der Waals surface area contributed by atoms with Crippen LogP contribution >= 0.6 is 0 Å². The summed E-state index contributed by atoms with van der Waals surface area (Å²) in [5, 5.41) is 0. The van der Waals surface area contributed by atoms with Crippen LogP contribution in [0.25, 0.3) is 0 Å². The van der Waals surface area contributed by atoms with Gasteiger partial charge in [0.1, 0.15) is 12.4 Å². The van der Waals surface area contributed by atoms with Gasteiger partial charge in [-0.2, -0.15) is 13.2 Å². The molecule has 1 amide bonds. The summed E-state index contributed by atoms with van der Waals surface area (Å²) in [6.45, 7) is -1.36. The molecule has 1 aromatic carbocycles. The van der Waals surface area contributed by atoms with Crippen LogP contribution in [0.3, 0.4) is 0 Å². The van der Waals surface area contributed by atoms with Crippen LogP contribution in [0, 0.1) is 5.82 Å². The largest absolute Gasteiger partial charge is 0.406 e. The first kappa shape index (κ1) is 13.6. The Hall–Kier alpha value is -1.79. The van der Waals surface area contributed by atoms with Gasteiger partial charge in [0.15, 0.2) is 0 Å². The first-order valence-corrected chi connectivity index (χ1v) is 5.70. The number of benzene rings is 1. The fourth-order valence-corrected chi connectivity index (χ4v) is 1.81. The second kappa shape index (κ2) is 4.71. The fraction of sp³-hybridized carbons (Fsp3) is 0.417. The molecule has 104 valence electrons. The van der Waals surface area contributed by atoms with Crippen molar-refractivity contribution < 1.29 is 22.4 Å². The van der Waals surface area contributed by atoms with Crippen molar-refractivity contribution in [1.29, 1.82) is 0 Å². The lowest BCUT2D eigenvalue weighted by atomic mass is 10.1. The molecular formula is C12H12F4N2O. The minimum absolute atomic E-state index is 0.114. The van der Waals surface area contributed by atoms with Crippen molar-refractivity contribution in [3.8, 4) is 0 Å². The number of anilines is 1. The normalized spacial score (nSPS) is 15.4. The molecule has 0 atom stereocenters. The van der Waals surface area contributed by atoms with Crippen molar-refractivity contribution in [3.05, 3.63) is 29.6 Å². The molecule has 2 rings (SSSR count). The molecule has 1 saturated carbocycles. The molecule has 19 heavy (non-hydrogen) atoms. The Morgan fingerprint density at radius 2 is 2.00 bits per heavy atom. The van der Waals surface area contributed by atoms with Crippen molar-refractivity contribution in [2.75, 3.05) is 12.3 Å². The number of carbonyl (C=O) groups is 1. The molecular weight excluding hydrogens is 264 g/mol. The van der Waals surface area contributed by atoms with Crippen LogP contribution < -0.4 is 5.73 Å². The number of nitrogens with zero attached hydrogens (tertiary/aromatic N) is 1. The smallest absolute Gasteiger partial charge is 0.399 e. The Balaban J connectivity index is 2.24. The number of alkyl halides is 3.